The van der Waals surface area contributed by atoms with Gasteiger partial charge in [-0.2, -0.15) is 0 Å². The van der Waals surface area contributed by atoms with Gasteiger partial charge >= 0.3 is 39.6 Å². The number of benzene rings is 4. The fraction of sp³-hybridized carbons (Fsp3) is 0.121. The second kappa shape index (κ2) is 12.3. The van der Waals surface area contributed by atoms with Gasteiger partial charge in [0.05, 0.1) is 0 Å². The summed E-state index contributed by atoms with van der Waals surface area (Å²) < 4.78 is 0. The van der Waals surface area contributed by atoms with Gasteiger partial charge in [-0.1, -0.05) is 148 Å². The Morgan fingerprint density at radius 2 is 0.971 bits per heavy atom. The van der Waals surface area contributed by atoms with E-state index in [1.807, 2.05) is 0 Å². The Morgan fingerprint density at radius 1 is 0.529 bits per heavy atom. The summed E-state index contributed by atoms with van der Waals surface area (Å²) in [4.78, 5) is 0. The van der Waals surface area contributed by atoms with E-state index in [1.54, 1.807) is 0 Å². The first kappa shape index (κ1) is 23.9. The van der Waals surface area contributed by atoms with Gasteiger partial charge in [0.15, 0.2) is 0 Å². The Kier molecular flexibility index (Phi) is 8.64. The maximum absolute atomic E-state index is 2.36. The van der Waals surface area contributed by atoms with Gasteiger partial charge < -0.3 is 0 Å². The van der Waals surface area contributed by atoms with Crippen molar-refractivity contribution in [3.63, 3.8) is 0 Å². The Bertz CT molecular complexity index is 1150. The standard InChI is InChI=1S/C29H21.2C2H5.Al/c1-5-13-22(14-6-1)26-21-27(23-15-7-2-8-16-23)29(25-19-11-4-12-20-25)28(26)24-17-9-3-10-18-24;2*1-2;/h1-21H;2*1H2,2H3;/q-1;;;+1. The van der Waals surface area contributed by atoms with Crippen molar-refractivity contribution in [3.8, 4) is 44.5 Å². The molecule has 0 radical (unpaired) electrons. The molecule has 0 aliphatic rings. The van der Waals surface area contributed by atoms with Gasteiger partial charge in [0, 0.05) is 0 Å². The SMILES string of the molecule is C[CH2][Al+][CH2]C.c1ccc(-c2c[c-](-c3ccccc3)c(-c3ccccc3)c2-c2ccccc2)cc1. The predicted molar refractivity (Wildman–Crippen MR) is 150 cm³/mol. The molecule has 5 aromatic carbocycles. The van der Waals surface area contributed by atoms with Crippen LogP contribution in [0.1, 0.15) is 13.8 Å². The van der Waals surface area contributed by atoms with Crippen molar-refractivity contribution in [1.82, 2.24) is 0 Å². The molecule has 5 aromatic rings. The van der Waals surface area contributed by atoms with E-state index in [0.29, 0.717) is 0 Å². The number of hydrogen-bond acceptors (Lipinski definition) is 0. The van der Waals surface area contributed by atoms with E-state index in [-0.39, 0.29) is 0 Å². The smallest absolute Gasteiger partial charge is 0.0514 e. The van der Waals surface area contributed by atoms with Crippen molar-refractivity contribution in [2.75, 3.05) is 0 Å². The van der Waals surface area contributed by atoms with E-state index in [1.165, 1.54) is 55.1 Å². The molecular weight excluding hydrogens is 423 g/mol. The number of hydrogen-bond donors (Lipinski definition) is 0. The van der Waals surface area contributed by atoms with Gasteiger partial charge in [-0.05, 0) is 0 Å². The summed E-state index contributed by atoms with van der Waals surface area (Å²) >= 11 is 0.815. The molecule has 0 N–H and O–H groups in total. The van der Waals surface area contributed by atoms with Crippen LogP contribution in [0.4, 0.5) is 0 Å². The molecule has 0 heterocycles. The van der Waals surface area contributed by atoms with Crippen molar-refractivity contribution in [2.24, 2.45) is 0 Å². The van der Waals surface area contributed by atoms with E-state index in [9.17, 15) is 0 Å². The Labute approximate surface area is 211 Å². The van der Waals surface area contributed by atoms with Gasteiger partial charge in [0.2, 0.25) is 0 Å². The Morgan fingerprint density at radius 3 is 1.44 bits per heavy atom. The first-order chi connectivity index (χ1) is 16.8. The zero-order valence-electron chi connectivity index (χ0n) is 20.1. The van der Waals surface area contributed by atoms with Crippen LogP contribution in [0.5, 0.6) is 0 Å². The minimum Gasteiger partial charge on any atom is -0.108 e. The normalized spacial score (nSPS) is 10.2. The van der Waals surface area contributed by atoms with Crippen molar-refractivity contribution in [1.29, 1.82) is 0 Å². The Hall–Kier alpha value is -3.24. The molecule has 1 heteroatoms. The van der Waals surface area contributed by atoms with E-state index in [2.05, 4.69) is 141 Å². The van der Waals surface area contributed by atoms with Crippen LogP contribution in [-0.2, 0) is 0 Å². The third-order valence-corrected chi connectivity index (χ3v) is 7.10. The second-order valence-electron chi connectivity index (χ2n) is 8.29. The average Bonchev–Trinajstić information content (AvgIpc) is 3.32. The summed E-state index contributed by atoms with van der Waals surface area (Å²) in [6, 6.07) is 45.2. The molecule has 0 unspecified atom stereocenters. The van der Waals surface area contributed by atoms with E-state index < -0.39 is 0 Å². The first-order valence-corrected chi connectivity index (χ1v) is 13.8. The summed E-state index contributed by atoms with van der Waals surface area (Å²) in [6.07, 6.45) is 0. The molecule has 0 nitrogen and oxygen atoms in total. The summed E-state index contributed by atoms with van der Waals surface area (Å²) in [5.41, 5.74) is 10.1. The van der Waals surface area contributed by atoms with Crippen molar-refractivity contribution < 1.29 is 0 Å². The molecule has 0 fully saturated rings. The minimum atomic E-state index is 0.815. The maximum atomic E-state index is 2.36. The van der Waals surface area contributed by atoms with E-state index in [0.717, 1.165) is 15.2 Å². The third kappa shape index (κ3) is 5.63. The van der Waals surface area contributed by atoms with Crippen molar-refractivity contribution >= 4 is 15.2 Å². The van der Waals surface area contributed by atoms with Crippen LogP contribution in [0.3, 0.4) is 0 Å². The fourth-order valence-corrected chi connectivity index (χ4v) is 4.92. The molecule has 0 saturated carbocycles. The third-order valence-electron chi connectivity index (χ3n) is 5.95. The molecule has 5 rings (SSSR count). The van der Waals surface area contributed by atoms with Gasteiger partial charge in [-0.25, -0.2) is 0 Å². The Balaban J connectivity index is 0.000000499. The summed E-state index contributed by atoms with van der Waals surface area (Å²) in [5, 5.41) is 2.85. The molecule has 0 saturated heterocycles. The second-order valence-corrected chi connectivity index (χ2v) is 10.5. The van der Waals surface area contributed by atoms with Crippen LogP contribution < -0.4 is 0 Å². The minimum absolute atomic E-state index is 0.815. The molecule has 0 spiro atoms. The van der Waals surface area contributed by atoms with Crippen LogP contribution in [0, 0.1) is 0 Å². The molecule has 0 amide bonds. The van der Waals surface area contributed by atoms with Crippen LogP contribution in [0.25, 0.3) is 44.5 Å². The van der Waals surface area contributed by atoms with Gasteiger partial charge in [-0.3, -0.25) is 0 Å². The summed E-state index contributed by atoms with van der Waals surface area (Å²) in [7, 11) is 0. The van der Waals surface area contributed by atoms with Gasteiger partial charge in [-0.15, -0.1) is 23.8 Å². The molecular formula is C33H31Al. The van der Waals surface area contributed by atoms with E-state index >= 15 is 0 Å². The predicted octanol–water partition coefficient (Wildman–Crippen LogP) is 9.64. The summed E-state index contributed by atoms with van der Waals surface area (Å²) in [5.74, 6) is 0. The molecule has 0 aromatic heterocycles. The zero-order chi connectivity index (χ0) is 23.6. The topological polar surface area (TPSA) is 0 Å². The molecule has 166 valence electrons. The maximum Gasteiger partial charge on any atom is -0.0514 e. The summed E-state index contributed by atoms with van der Waals surface area (Å²) in [6.45, 7) is 4.50. The van der Waals surface area contributed by atoms with Crippen molar-refractivity contribution in [3.05, 3.63) is 127 Å². The molecule has 0 aliphatic carbocycles. The van der Waals surface area contributed by atoms with Crippen LogP contribution in [0.15, 0.2) is 127 Å². The van der Waals surface area contributed by atoms with E-state index in [4.69, 9.17) is 0 Å². The largest absolute Gasteiger partial charge is 0.108 e. The van der Waals surface area contributed by atoms with Crippen molar-refractivity contribution in [2.45, 2.75) is 24.4 Å². The first-order valence-electron chi connectivity index (χ1n) is 12.2. The number of rotatable bonds is 6. The molecule has 0 bridgehead atoms. The monoisotopic (exact) mass is 454 g/mol. The van der Waals surface area contributed by atoms with Gasteiger partial charge in [0.1, 0.15) is 0 Å². The van der Waals surface area contributed by atoms with Crippen LogP contribution in [0.2, 0.25) is 10.6 Å². The molecule has 0 atom stereocenters. The molecule has 34 heavy (non-hydrogen) atoms. The zero-order valence-corrected chi connectivity index (χ0v) is 21.3. The average molecular weight is 455 g/mol. The van der Waals surface area contributed by atoms with Crippen LogP contribution >= 0.6 is 0 Å². The van der Waals surface area contributed by atoms with Gasteiger partial charge in [0.25, 0.3) is 0 Å². The molecule has 0 aliphatic heterocycles. The fourth-order valence-electron chi connectivity index (χ4n) is 4.35. The quantitative estimate of drug-likeness (QED) is 0.177. The van der Waals surface area contributed by atoms with Crippen LogP contribution in [-0.4, -0.2) is 15.2 Å².